The molecule has 22 heavy (non-hydrogen) atoms. The van der Waals surface area contributed by atoms with E-state index < -0.39 is 22.9 Å². The van der Waals surface area contributed by atoms with Gasteiger partial charge in [-0.3, -0.25) is 0 Å². The first-order chi connectivity index (χ1) is 10.8. The fourth-order valence-electron chi connectivity index (χ4n) is 3.69. The number of hydrogen-bond donors (Lipinski definition) is 0. The Kier molecular flexibility index (Phi) is 3.78. The summed E-state index contributed by atoms with van der Waals surface area (Å²) in [6.45, 7) is 4.84. The van der Waals surface area contributed by atoms with Crippen molar-refractivity contribution in [2.24, 2.45) is 0 Å². The molecule has 4 rings (SSSR count). The van der Waals surface area contributed by atoms with Crippen molar-refractivity contribution >= 4 is 5.57 Å². The van der Waals surface area contributed by atoms with Crippen LogP contribution in [0.15, 0.2) is 60.7 Å². The topological polar surface area (TPSA) is 0 Å². The number of allylic oxidation sites excluding steroid dienone is 4. The van der Waals surface area contributed by atoms with E-state index in [1.165, 1.54) is 22.3 Å². The summed E-state index contributed by atoms with van der Waals surface area (Å²) in [7, 11) is 0. The molecule has 0 radical (unpaired) electrons. The monoisotopic (exact) mass is 452 g/mol. The molecule has 0 spiro atoms. The molecule has 2 aliphatic carbocycles. The standard InChI is InChI=1S/C18H13.C3H7.Hf/c1-2-7-13(6-1)15-10-5-11-17-16-9-4-3-8-14(16)12-18(15)17;1-3-2;/h1-6,8-12H,7H2;3H,1-2H3;. The van der Waals surface area contributed by atoms with Crippen molar-refractivity contribution in [3.8, 4) is 11.1 Å². The van der Waals surface area contributed by atoms with E-state index in [2.05, 4.69) is 74.5 Å². The van der Waals surface area contributed by atoms with Gasteiger partial charge < -0.3 is 0 Å². The SMILES string of the molecule is C[CH](C)[Hf][CH]1c2ccccc2-c2cccc(C3=CC=CC3)c21. The van der Waals surface area contributed by atoms with Gasteiger partial charge in [0.1, 0.15) is 0 Å². The molecular weight excluding hydrogens is 431 g/mol. The molecule has 108 valence electrons. The van der Waals surface area contributed by atoms with Crippen LogP contribution in [-0.2, 0) is 22.9 Å². The van der Waals surface area contributed by atoms with E-state index in [-0.39, 0.29) is 0 Å². The van der Waals surface area contributed by atoms with Crippen LogP contribution in [0.2, 0.25) is 3.67 Å². The van der Waals surface area contributed by atoms with Gasteiger partial charge in [-0.05, 0) is 0 Å². The number of benzene rings is 2. The van der Waals surface area contributed by atoms with Gasteiger partial charge in [0.2, 0.25) is 0 Å². The summed E-state index contributed by atoms with van der Waals surface area (Å²) in [5.74, 6) is 0. The quantitative estimate of drug-likeness (QED) is 0.502. The van der Waals surface area contributed by atoms with Crippen molar-refractivity contribution in [1.82, 2.24) is 0 Å². The molecule has 1 atom stereocenters. The van der Waals surface area contributed by atoms with E-state index in [1.807, 2.05) is 0 Å². The van der Waals surface area contributed by atoms with Crippen molar-refractivity contribution < 1.29 is 22.9 Å². The Morgan fingerprint density at radius 1 is 0.955 bits per heavy atom. The van der Waals surface area contributed by atoms with Crippen LogP contribution in [0.1, 0.15) is 40.6 Å². The summed E-state index contributed by atoms with van der Waals surface area (Å²) < 4.78 is 1.64. The third kappa shape index (κ3) is 2.31. The van der Waals surface area contributed by atoms with E-state index in [0.717, 1.165) is 13.8 Å². The zero-order chi connectivity index (χ0) is 15.1. The van der Waals surface area contributed by atoms with Gasteiger partial charge >= 0.3 is 145 Å². The van der Waals surface area contributed by atoms with Crippen LogP contribution in [-0.4, -0.2) is 0 Å². The second-order valence-corrected chi connectivity index (χ2v) is 13.9. The van der Waals surface area contributed by atoms with Crippen molar-refractivity contribution in [2.45, 2.75) is 27.6 Å². The molecule has 2 aromatic carbocycles. The maximum absolute atomic E-state index is 2.42. The van der Waals surface area contributed by atoms with Crippen LogP contribution >= 0.6 is 0 Å². The van der Waals surface area contributed by atoms with E-state index in [4.69, 9.17) is 0 Å². The summed E-state index contributed by atoms with van der Waals surface area (Å²) in [6, 6.07) is 16.0. The first-order valence-electron chi connectivity index (χ1n) is 8.10. The minimum absolute atomic E-state index is 0.740. The van der Waals surface area contributed by atoms with E-state index in [1.54, 1.807) is 11.1 Å². The molecule has 0 bridgehead atoms. The average Bonchev–Trinajstić information content (AvgIpc) is 3.15. The summed E-state index contributed by atoms with van der Waals surface area (Å²) >= 11 is -0.757. The van der Waals surface area contributed by atoms with Gasteiger partial charge in [-0.15, -0.1) is 0 Å². The number of rotatable bonds is 3. The number of hydrogen-bond acceptors (Lipinski definition) is 0. The van der Waals surface area contributed by atoms with Crippen molar-refractivity contribution in [3.63, 3.8) is 0 Å². The molecule has 2 aliphatic rings. The minimum atomic E-state index is -0.757. The summed E-state index contributed by atoms with van der Waals surface area (Å²) in [6.07, 6.45) is 7.88. The second kappa shape index (κ2) is 5.77. The van der Waals surface area contributed by atoms with E-state index in [0.29, 0.717) is 0 Å². The summed E-state index contributed by atoms with van der Waals surface area (Å²) in [4.78, 5) is 0. The van der Waals surface area contributed by atoms with Gasteiger partial charge in [-0.1, -0.05) is 0 Å². The fraction of sp³-hybridized carbons (Fsp3) is 0.238. The fourth-order valence-corrected chi connectivity index (χ4v) is 9.35. The predicted molar refractivity (Wildman–Crippen MR) is 90.6 cm³/mol. The molecule has 0 heterocycles. The Hall–Kier alpha value is -1.21. The Labute approximate surface area is 144 Å². The average molecular weight is 451 g/mol. The maximum atomic E-state index is 2.42. The Balaban J connectivity index is 1.92. The van der Waals surface area contributed by atoms with E-state index >= 15 is 0 Å². The molecular formula is C21H20Hf. The van der Waals surface area contributed by atoms with Gasteiger partial charge in [-0.25, -0.2) is 0 Å². The van der Waals surface area contributed by atoms with Crippen LogP contribution in [0.5, 0.6) is 0 Å². The molecule has 0 fully saturated rings. The zero-order valence-electron chi connectivity index (χ0n) is 13.1. The molecule has 0 nitrogen and oxygen atoms in total. The van der Waals surface area contributed by atoms with Crippen molar-refractivity contribution in [1.29, 1.82) is 0 Å². The van der Waals surface area contributed by atoms with Crippen molar-refractivity contribution in [2.75, 3.05) is 0 Å². The van der Waals surface area contributed by atoms with Crippen LogP contribution in [0.4, 0.5) is 0 Å². The number of fused-ring (bicyclic) bond motifs is 3. The zero-order valence-corrected chi connectivity index (χ0v) is 16.7. The van der Waals surface area contributed by atoms with E-state index in [9.17, 15) is 0 Å². The van der Waals surface area contributed by atoms with Gasteiger partial charge in [0.25, 0.3) is 0 Å². The predicted octanol–water partition coefficient (Wildman–Crippen LogP) is 6.01. The molecule has 0 amide bonds. The molecule has 1 heteroatoms. The molecule has 2 aromatic rings. The Morgan fingerprint density at radius 3 is 2.50 bits per heavy atom. The normalized spacial score (nSPS) is 18.3. The Bertz CT molecular complexity index is 780. The van der Waals surface area contributed by atoms with Crippen molar-refractivity contribution in [3.05, 3.63) is 77.4 Å². The van der Waals surface area contributed by atoms with Crippen LogP contribution in [0.3, 0.4) is 0 Å². The second-order valence-electron chi connectivity index (χ2n) is 6.43. The molecule has 1 unspecified atom stereocenters. The molecule has 0 N–H and O–H groups in total. The third-order valence-corrected chi connectivity index (χ3v) is 10.3. The molecule has 0 aliphatic heterocycles. The van der Waals surface area contributed by atoms with Gasteiger partial charge in [0.15, 0.2) is 0 Å². The van der Waals surface area contributed by atoms with Gasteiger partial charge in [-0.2, -0.15) is 0 Å². The molecule has 0 saturated heterocycles. The Morgan fingerprint density at radius 2 is 1.73 bits per heavy atom. The molecule has 0 saturated carbocycles. The first-order valence-corrected chi connectivity index (χ1v) is 12.2. The van der Waals surface area contributed by atoms with Crippen LogP contribution in [0.25, 0.3) is 16.7 Å². The summed E-state index contributed by atoms with van der Waals surface area (Å²) in [5.41, 5.74) is 9.26. The van der Waals surface area contributed by atoms with Crippen LogP contribution in [0, 0.1) is 0 Å². The van der Waals surface area contributed by atoms with Gasteiger partial charge in [0.05, 0.1) is 0 Å². The van der Waals surface area contributed by atoms with Crippen LogP contribution < -0.4 is 0 Å². The summed E-state index contributed by atoms with van der Waals surface area (Å²) in [5, 5.41) is 0. The third-order valence-electron chi connectivity index (χ3n) is 4.57. The first kappa shape index (κ1) is 14.4. The molecule has 0 aromatic heterocycles. The van der Waals surface area contributed by atoms with Gasteiger partial charge in [0, 0.05) is 0 Å².